The summed E-state index contributed by atoms with van der Waals surface area (Å²) in [6.45, 7) is 0. The van der Waals surface area contributed by atoms with Gasteiger partial charge in [-0.25, -0.2) is 0 Å². The molecule has 5 heteroatoms. The number of amides is 1. The summed E-state index contributed by atoms with van der Waals surface area (Å²) in [5, 5.41) is 14.2. The molecule has 0 aromatic heterocycles. The van der Waals surface area contributed by atoms with Gasteiger partial charge < -0.3 is 10.4 Å². The van der Waals surface area contributed by atoms with Gasteiger partial charge in [0, 0.05) is 16.4 Å². The highest BCUT2D eigenvalue weighted by atomic mass is 79.9. The molecule has 1 aromatic carbocycles. The minimum absolute atomic E-state index is 0.0702. The molecule has 0 saturated heterocycles. The predicted molar refractivity (Wildman–Crippen MR) is 80.1 cm³/mol. The summed E-state index contributed by atoms with van der Waals surface area (Å²) >= 11 is 9.25. The van der Waals surface area contributed by atoms with Crippen LogP contribution in [0, 0.1) is 5.92 Å². The Morgan fingerprint density at radius 2 is 2.05 bits per heavy atom. The van der Waals surface area contributed by atoms with Gasteiger partial charge in [0.25, 0.3) is 5.91 Å². The van der Waals surface area contributed by atoms with E-state index in [9.17, 15) is 9.90 Å². The molecule has 1 saturated carbocycles. The Labute approximate surface area is 126 Å². The highest BCUT2D eigenvalue weighted by molar-refractivity contribution is 9.09. The Kier molecular flexibility index (Phi) is 5.11. The number of aromatic hydroxyl groups is 1. The smallest absolute Gasteiger partial charge is 0.255 e. The maximum atomic E-state index is 12.1. The summed E-state index contributed by atoms with van der Waals surface area (Å²) in [5.41, 5.74) is 0.284. The number of carbonyl (C=O) groups is 1. The maximum Gasteiger partial charge on any atom is 0.255 e. The molecule has 0 spiro atoms. The number of halogens is 2. The largest absolute Gasteiger partial charge is 0.507 e. The minimum Gasteiger partial charge on any atom is -0.507 e. The first-order valence-corrected chi connectivity index (χ1v) is 7.95. The van der Waals surface area contributed by atoms with E-state index in [0.29, 0.717) is 5.02 Å². The molecule has 0 unspecified atom stereocenters. The molecule has 3 nitrogen and oxygen atoms in total. The zero-order valence-electron chi connectivity index (χ0n) is 10.5. The van der Waals surface area contributed by atoms with Gasteiger partial charge in [-0.15, -0.1) is 0 Å². The molecule has 2 N–H and O–H groups in total. The summed E-state index contributed by atoms with van der Waals surface area (Å²) in [6.07, 6.45) is 4.25. The van der Waals surface area contributed by atoms with E-state index in [4.69, 9.17) is 11.6 Å². The van der Waals surface area contributed by atoms with Crippen LogP contribution in [0.25, 0.3) is 0 Å². The lowest BCUT2D eigenvalue weighted by molar-refractivity contribution is 0.0920. The second kappa shape index (κ2) is 6.62. The number of benzene rings is 1. The van der Waals surface area contributed by atoms with E-state index in [1.165, 1.54) is 6.07 Å². The number of hydrogen-bond donors (Lipinski definition) is 2. The fourth-order valence-electron chi connectivity index (χ4n) is 2.42. The van der Waals surface area contributed by atoms with Gasteiger partial charge in [-0.05, 0) is 49.8 Å². The van der Waals surface area contributed by atoms with Crippen molar-refractivity contribution in [3.8, 4) is 5.75 Å². The molecular weight excluding hydrogens is 330 g/mol. The maximum absolute atomic E-state index is 12.1. The molecule has 104 valence electrons. The van der Waals surface area contributed by atoms with E-state index in [1.807, 2.05) is 0 Å². The molecule has 19 heavy (non-hydrogen) atoms. The topological polar surface area (TPSA) is 49.3 Å². The lowest BCUT2D eigenvalue weighted by atomic mass is 9.87. The van der Waals surface area contributed by atoms with E-state index in [0.717, 1.165) is 36.9 Å². The molecule has 0 radical (unpaired) electrons. The predicted octanol–water partition coefficient (Wildman–Crippen LogP) is 3.73. The van der Waals surface area contributed by atoms with Crippen LogP contribution in [0.4, 0.5) is 0 Å². The molecule has 0 aliphatic heterocycles. The van der Waals surface area contributed by atoms with Crippen molar-refractivity contribution in [2.75, 3.05) is 5.33 Å². The van der Waals surface area contributed by atoms with Crippen molar-refractivity contribution in [1.29, 1.82) is 0 Å². The zero-order chi connectivity index (χ0) is 13.8. The lowest BCUT2D eigenvalue weighted by Crippen LogP contribution is -2.37. The van der Waals surface area contributed by atoms with Crippen LogP contribution < -0.4 is 5.32 Å². The summed E-state index contributed by atoms with van der Waals surface area (Å²) < 4.78 is 0. The Morgan fingerprint density at radius 3 is 2.63 bits per heavy atom. The molecule has 0 heterocycles. The number of rotatable bonds is 3. The van der Waals surface area contributed by atoms with Crippen LogP contribution in [0.2, 0.25) is 5.02 Å². The van der Waals surface area contributed by atoms with Crippen LogP contribution in [0.3, 0.4) is 0 Å². The molecule has 0 bridgehead atoms. The molecule has 1 aliphatic carbocycles. The number of alkyl halides is 1. The number of carbonyl (C=O) groups excluding carboxylic acids is 1. The first kappa shape index (κ1) is 14.7. The van der Waals surface area contributed by atoms with Crippen molar-refractivity contribution in [3.63, 3.8) is 0 Å². The summed E-state index contributed by atoms with van der Waals surface area (Å²) in [4.78, 5) is 12.1. The van der Waals surface area contributed by atoms with Crippen molar-refractivity contribution < 1.29 is 9.90 Å². The van der Waals surface area contributed by atoms with Gasteiger partial charge >= 0.3 is 0 Å². The average molecular weight is 347 g/mol. The van der Waals surface area contributed by atoms with Gasteiger partial charge in [0.05, 0.1) is 5.56 Å². The quantitative estimate of drug-likeness (QED) is 0.819. The second-order valence-corrected chi connectivity index (χ2v) is 6.09. The average Bonchev–Trinajstić information content (AvgIpc) is 2.39. The Hall–Kier alpha value is -0.740. The third-order valence-corrected chi connectivity index (χ3v) is 4.76. The van der Waals surface area contributed by atoms with E-state index in [1.54, 1.807) is 12.1 Å². The normalized spacial score (nSPS) is 23.1. The van der Waals surface area contributed by atoms with Crippen LogP contribution >= 0.6 is 27.5 Å². The summed E-state index contributed by atoms with van der Waals surface area (Å²) in [7, 11) is 0. The van der Waals surface area contributed by atoms with Gasteiger partial charge in [0.1, 0.15) is 5.75 Å². The summed E-state index contributed by atoms with van der Waals surface area (Å²) in [5.74, 6) is 0.424. The second-order valence-electron chi connectivity index (χ2n) is 5.01. The third-order valence-electron chi connectivity index (χ3n) is 3.60. The number of nitrogens with one attached hydrogen (secondary N) is 1. The van der Waals surface area contributed by atoms with Crippen LogP contribution in [-0.2, 0) is 0 Å². The third kappa shape index (κ3) is 3.86. The van der Waals surface area contributed by atoms with Crippen molar-refractivity contribution in [3.05, 3.63) is 28.8 Å². The molecule has 1 amide bonds. The fraction of sp³-hybridized carbons (Fsp3) is 0.500. The SMILES string of the molecule is O=C(NC1CCC(CBr)CC1)c1ccc(Cl)cc1O. The minimum atomic E-state index is -0.226. The highest BCUT2D eigenvalue weighted by Crippen LogP contribution is 2.27. The van der Waals surface area contributed by atoms with E-state index < -0.39 is 0 Å². The van der Waals surface area contributed by atoms with E-state index in [-0.39, 0.29) is 23.3 Å². The van der Waals surface area contributed by atoms with Gasteiger partial charge in [-0.2, -0.15) is 0 Å². The monoisotopic (exact) mass is 345 g/mol. The fourth-order valence-corrected chi connectivity index (χ4v) is 3.23. The van der Waals surface area contributed by atoms with Crippen molar-refractivity contribution in [1.82, 2.24) is 5.32 Å². The Bertz CT molecular complexity index is 459. The van der Waals surface area contributed by atoms with Crippen LogP contribution in [-0.4, -0.2) is 22.4 Å². The van der Waals surface area contributed by atoms with Gasteiger partial charge in [0.15, 0.2) is 0 Å². The molecule has 1 fully saturated rings. The molecule has 0 atom stereocenters. The molecule has 1 aromatic rings. The Morgan fingerprint density at radius 1 is 1.37 bits per heavy atom. The Balaban J connectivity index is 1.94. The number of hydrogen-bond acceptors (Lipinski definition) is 2. The molecular formula is C14H17BrClNO2. The van der Waals surface area contributed by atoms with Crippen LogP contribution in [0.15, 0.2) is 18.2 Å². The van der Waals surface area contributed by atoms with Gasteiger partial charge in [-0.3, -0.25) is 4.79 Å². The van der Waals surface area contributed by atoms with Crippen molar-refractivity contribution in [2.45, 2.75) is 31.7 Å². The lowest BCUT2D eigenvalue weighted by Gasteiger charge is -2.28. The van der Waals surface area contributed by atoms with E-state index in [2.05, 4.69) is 21.2 Å². The first-order valence-electron chi connectivity index (χ1n) is 6.45. The number of phenolic OH excluding ortho intramolecular Hbond substituents is 1. The van der Waals surface area contributed by atoms with Crippen molar-refractivity contribution in [2.24, 2.45) is 5.92 Å². The standard InChI is InChI=1S/C14H17BrClNO2/c15-8-9-1-4-11(5-2-9)17-14(19)12-6-3-10(16)7-13(12)18/h3,6-7,9,11,18H,1-2,4-5,8H2,(H,17,19). The van der Waals surface area contributed by atoms with Crippen molar-refractivity contribution >= 4 is 33.4 Å². The molecule has 1 aliphatic rings. The number of phenols is 1. The molecule has 2 rings (SSSR count). The van der Waals surface area contributed by atoms with Gasteiger partial charge in [-0.1, -0.05) is 27.5 Å². The first-order chi connectivity index (χ1) is 9.10. The van der Waals surface area contributed by atoms with Crippen LogP contribution in [0.5, 0.6) is 5.75 Å². The van der Waals surface area contributed by atoms with E-state index >= 15 is 0 Å². The van der Waals surface area contributed by atoms with Gasteiger partial charge in [0.2, 0.25) is 0 Å². The highest BCUT2D eigenvalue weighted by Gasteiger charge is 2.22. The van der Waals surface area contributed by atoms with Crippen LogP contribution in [0.1, 0.15) is 36.0 Å². The summed E-state index contributed by atoms with van der Waals surface area (Å²) in [6, 6.07) is 4.76. The zero-order valence-corrected chi connectivity index (χ0v) is 12.9.